The number of piperazine rings is 1. The molecule has 1 atom stereocenters. The zero-order chi connectivity index (χ0) is 16.1. The van der Waals surface area contributed by atoms with E-state index < -0.39 is 6.61 Å². The smallest absolute Gasteiger partial charge is 0.387 e. The average Bonchev–Trinajstić information content (AvgIpc) is 2.57. The van der Waals surface area contributed by atoms with E-state index in [-0.39, 0.29) is 11.8 Å². The molecular weight excluding hydrogens is 300 g/mol. The maximum atomic E-state index is 12.2. The van der Waals surface area contributed by atoms with Gasteiger partial charge in [0.25, 0.3) is 0 Å². The molecule has 0 aliphatic carbocycles. The number of pyridine rings is 1. The lowest BCUT2D eigenvalue weighted by Crippen LogP contribution is -2.45. The minimum absolute atomic E-state index is 0.188. The molecule has 3 rings (SSSR count). The molecule has 6 heteroatoms. The summed E-state index contributed by atoms with van der Waals surface area (Å²) < 4.78 is 28.8. The maximum Gasteiger partial charge on any atom is 0.387 e. The second kappa shape index (κ2) is 7.48. The molecule has 1 unspecified atom stereocenters. The Balaban J connectivity index is 1.69. The van der Waals surface area contributed by atoms with E-state index in [0.717, 1.165) is 31.7 Å². The molecule has 0 saturated carbocycles. The molecule has 1 aromatic heterocycles. The van der Waals surface area contributed by atoms with Crippen molar-refractivity contribution < 1.29 is 13.5 Å². The Hall–Kier alpha value is -2.05. The van der Waals surface area contributed by atoms with Crippen molar-refractivity contribution in [3.05, 3.63) is 59.9 Å². The quantitative estimate of drug-likeness (QED) is 0.919. The monoisotopic (exact) mass is 319 g/mol. The summed E-state index contributed by atoms with van der Waals surface area (Å²) in [4.78, 5) is 6.57. The number of hydrogen-bond donors (Lipinski definition) is 1. The van der Waals surface area contributed by atoms with Crippen LogP contribution >= 0.6 is 0 Å². The van der Waals surface area contributed by atoms with Crippen LogP contribution < -0.4 is 10.1 Å². The van der Waals surface area contributed by atoms with Gasteiger partial charge in [-0.1, -0.05) is 18.2 Å². The van der Waals surface area contributed by atoms with Crippen molar-refractivity contribution in [1.82, 2.24) is 15.2 Å². The molecule has 1 saturated heterocycles. The van der Waals surface area contributed by atoms with Gasteiger partial charge in [-0.25, -0.2) is 0 Å². The number of ether oxygens (including phenoxy) is 1. The highest BCUT2D eigenvalue weighted by Gasteiger charge is 2.23. The van der Waals surface area contributed by atoms with Gasteiger partial charge in [0.05, 0.1) is 0 Å². The van der Waals surface area contributed by atoms with Crippen LogP contribution in [0.3, 0.4) is 0 Å². The molecule has 2 aromatic rings. The van der Waals surface area contributed by atoms with Gasteiger partial charge in [-0.3, -0.25) is 9.88 Å². The number of nitrogens with one attached hydrogen (secondary N) is 1. The summed E-state index contributed by atoms with van der Waals surface area (Å²) in [6.45, 7) is 0.705. The standard InChI is InChI=1S/C17H19F2N3O/c18-17(19)23-15-5-3-13(4-6-15)12-22-9-8-21-11-16(22)14-2-1-7-20-10-14/h1-7,10,16-17,21H,8-9,11-12H2. The van der Waals surface area contributed by atoms with Crippen molar-refractivity contribution in [1.29, 1.82) is 0 Å². The molecule has 0 spiro atoms. The molecule has 122 valence electrons. The van der Waals surface area contributed by atoms with Crippen molar-refractivity contribution in [2.75, 3.05) is 19.6 Å². The van der Waals surface area contributed by atoms with Gasteiger partial charge >= 0.3 is 6.61 Å². The second-order valence-corrected chi connectivity index (χ2v) is 5.50. The van der Waals surface area contributed by atoms with Crippen molar-refractivity contribution in [3.8, 4) is 5.75 Å². The fourth-order valence-corrected chi connectivity index (χ4v) is 2.85. The Morgan fingerprint density at radius 2 is 2.09 bits per heavy atom. The first-order valence-electron chi connectivity index (χ1n) is 7.61. The van der Waals surface area contributed by atoms with Gasteiger partial charge in [-0.15, -0.1) is 0 Å². The first-order chi connectivity index (χ1) is 11.2. The van der Waals surface area contributed by atoms with E-state index in [1.807, 2.05) is 24.4 Å². The van der Waals surface area contributed by atoms with Crippen molar-refractivity contribution >= 4 is 0 Å². The van der Waals surface area contributed by atoms with E-state index >= 15 is 0 Å². The molecule has 4 nitrogen and oxygen atoms in total. The van der Waals surface area contributed by atoms with Gasteiger partial charge in [0.15, 0.2) is 0 Å². The number of nitrogens with zero attached hydrogens (tertiary/aromatic N) is 2. The topological polar surface area (TPSA) is 37.4 Å². The van der Waals surface area contributed by atoms with Crippen LogP contribution in [0.2, 0.25) is 0 Å². The summed E-state index contributed by atoms with van der Waals surface area (Å²) in [5, 5.41) is 3.41. The minimum Gasteiger partial charge on any atom is -0.435 e. The Kier molecular flexibility index (Phi) is 5.15. The summed E-state index contributed by atoms with van der Waals surface area (Å²) in [6, 6.07) is 11.1. The number of benzene rings is 1. The molecule has 1 aromatic carbocycles. The lowest BCUT2D eigenvalue weighted by atomic mass is 10.0. The lowest BCUT2D eigenvalue weighted by Gasteiger charge is -2.36. The molecule has 1 N–H and O–H groups in total. The third kappa shape index (κ3) is 4.24. The van der Waals surface area contributed by atoms with Crippen LogP contribution in [0.4, 0.5) is 8.78 Å². The Bertz CT molecular complexity index is 607. The highest BCUT2D eigenvalue weighted by atomic mass is 19.3. The summed E-state index contributed by atoms with van der Waals surface area (Å²) in [5.74, 6) is 0.188. The van der Waals surface area contributed by atoms with Crippen LogP contribution in [0, 0.1) is 0 Å². The van der Waals surface area contributed by atoms with Crippen molar-refractivity contribution in [2.45, 2.75) is 19.2 Å². The molecule has 0 bridgehead atoms. The maximum absolute atomic E-state index is 12.2. The number of rotatable bonds is 5. The van der Waals surface area contributed by atoms with E-state index in [4.69, 9.17) is 0 Å². The summed E-state index contributed by atoms with van der Waals surface area (Å²) in [5.41, 5.74) is 2.25. The van der Waals surface area contributed by atoms with Crippen molar-refractivity contribution in [2.24, 2.45) is 0 Å². The molecular formula is C17H19F2N3O. The molecule has 1 fully saturated rings. The highest BCUT2D eigenvalue weighted by molar-refractivity contribution is 5.27. The van der Waals surface area contributed by atoms with Crippen LogP contribution in [-0.2, 0) is 6.54 Å². The van der Waals surface area contributed by atoms with E-state index in [1.165, 1.54) is 5.56 Å². The zero-order valence-corrected chi connectivity index (χ0v) is 12.7. The zero-order valence-electron chi connectivity index (χ0n) is 12.7. The first kappa shape index (κ1) is 15.8. The van der Waals surface area contributed by atoms with Gasteiger partial charge in [0.1, 0.15) is 5.75 Å². The third-order valence-electron chi connectivity index (χ3n) is 3.96. The molecule has 2 heterocycles. The fraction of sp³-hybridized carbons (Fsp3) is 0.353. The van der Waals surface area contributed by atoms with E-state index in [0.29, 0.717) is 0 Å². The second-order valence-electron chi connectivity index (χ2n) is 5.50. The van der Waals surface area contributed by atoms with Crippen molar-refractivity contribution in [3.63, 3.8) is 0 Å². The molecule has 23 heavy (non-hydrogen) atoms. The van der Waals surface area contributed by atoms with Crippen LogP contribution in [-0.4, -0.2) is 36.1 Å². The summed E-state index contributed by atoms with van der Waals surface area (Å²) in [6.07, 6.45) is 3.66. The highest BCUT2D eigenvalue weighted by Crippen LogP contribution is 2.24. The van der Waals surface area contributed by atoms with Crippen LogP contribution in [0.5, 0.6) is 5.75 Å². The van der Waals surface area contributed by atoms with Crippen LogP contribution in [0.1, 0.15) is 17.2 Å². The minimum atomic E-state index is -2.79. The predicted molar refractivity (Wildman–Crippen MR) is 83.3 cm³/mol. The van der Waals surface area contributed by atoms with Gasteiger partial charge < -0.3 is 10.1 Å². The Labute approximate surface area is 134 Å². The van der Waals surface area contributed by atoms with Crippen LogP contribution in [0.25, 0.3) is 0 Å². The fourth-order valence-electron chi connectivity index (χ4n) is 2.85. The van der Waals surface area contributed by atoms with E-state index in [2.05, 4.69) is 26.0 Å². The average molecular weight is 319 g/mol. The van der Waals surface area contributed by atoms with Gasteiger partial charge in [0, 0.05) is 44.6 Å². The normalized spacial score (nSPS) is 19.0. The predicted octanol–water partition coefficient (Wildman–Crippen LogP) is 2.83. The lowest BCUT2D eigenvalue weighted by molar-refractivity contribution is -0.0498. The summed E-state index contributed by atoms with van der Waals surface area (Å²) in [7, 11) is 0. The number of hydrogen-bond acceptors (Lipinski definition) is 4. The molecule has 1 aliphatic heterocycles. The molecule has 0 radical (unpaired) electrons. The Morgan fingerprint density at radius 3 is 2.78 bits per heavy atom. The number of alkyl halides is 2. The SMILES string of the molecule is FC(F)Oc1ccc(CN2CCNCC2c2cccnc2)cc1. The van der Waals surface area contributed by atoms with Crippen LogP contribution in [0.15, 0.2) is 48.8 Å². The summed E-state index contributed by atoms with van der Waals surface area (Å²) >= 11 is 0. The number of aromatic nitrogens is 1. The number of halogens is 2. The van der Waals surface area contributed by atoms with Gasteiger partial charge in [0.2, 0.25) is 0 Å². The third-order valence-corrected chi connectivity index (χ3v) is 3.96. The van der Waals surface area contributed by atoms with E-state index in [9.17, 15) is 8.78 Å². The Morgan fingerprint density at radius 1 is 1.26 bits per heavy atom. The largest absolute Gasteiger partial charge is 0.435 e. The molecule has 1 aliphatic rings. The van der Waals surface area contributed by atoms with Gasteiger partial charge in [-0.05, 0) is 29.3 Å². The molecule has 0 amide bonds. The van der Waals surface area contributed by atoms with E-state index in [1.54, 1.807) is 18.3 Å². The first-order valence-corrected chi connectivity index (χ1v) is 7.61. The van der Waals surface area contributed by atoms with Gasteiger partial charge in [-0.2, -0.15) is 8.78 Å².